The molecule has 168 valence electrons. The highest BCUT2D eigenvalue weighted by atomic mass is 16.2. The number of aryl methyl sites for hydroxylation is 1. The number of hydrogen-bond acceptors (Lipinski definition) is 5. The molecule has 4 rings (SSSR count). The summed E-state index contributed by atoms with van der Waals surface area (Å²) in [6, 6.07) is 12.9. The van der Waals surface area contributed by atoms with Crippen molar-refractivity contribution in [1.29, 1.82) is 0 Å². The van der Waals surface area contributed by atoms with Crippen molar-refractivity contribution in [3.05, 3.63) is 74.3 Å². The van der Waals surface area contributed by atoms with Gasteiger partial charge in [0.2, 0.25) is 0 Å². The average molecular weight is 436 g/mol. The molecule has 3 aromatic rings. The standard InChI is InChI=1S/C24H29N5O3/c1-3-29-21-9-6-18(16-20(21)26-23(31)24(29)32)22(30)25-19-7-4-17(5-8-19)10-11-28-14-12-27(2)13-15-28/h4-9,16H,3,10-15H2,1-2H3,(H,25,30)(H,26,31). The summed E-state index contributed by atoms with van der Waals surface area (Å²) in [7, 11) is 2.16. The first-order valence-electron chi connectivity index (χ1n) is 11.0. The Morgan fingerprint density at radius 2 is 1.75 bits per heavy atom. The molecule has 0 spiro atoms. The maximum Gasteiger partial charge on any atom is 0.316 e. The predicted molar refractivity (Wildman–Crippen MR) is 127 cm³/mol. The van der Waals surface area contributed by atoms with Crippen LogP contribution in [-0.2, 0) is 13.0 Å². The topological polar surface area (TPSA) is 90.4 Å². The molecule has 32 heavy (non-hydrogen) atoms. The maximum absolute atomic E-state index is 12.7. The lowest BCUT2D eigenvalue weighted by molar-refractivity contribution is 0.102. The van der Waals surface area contributed by atoms with Gasteiger partial charge in [0.05, 0.1) is 11.0 Å². The number of likely N-dealkylation sites (N-methyl/N-ethyl adjacent to an activating group) is 1. The number of nitrogens with one attached hydrogen (secondary N) is 2. The van der Waals surface area contributed by atoms with Gasteiger partial charge in [-0.3, -0.25) is 14.4 Å². The van der Waals surface area contributed by atoms with Crippen LogP contribution in [0, 0.1) is 0 Å². The Morgan fingerprint density at radius 1 is 1.03 bits per heavy atom. The third kappa shape index (κ3) is 4.81. The molecule has 8 heteroatoms. The number of benzene rings is 2. The number of aromatic nitrogens is 2. The lowest BCUT2D eigenvalue weighted by atomic mass is 10.1. The van der Waals surface area contributed by atoms with Gasteiger partial charge in [0.1, 0.15) is 0 Å². The number of fused-ring (bicyclic) bond motifs is 1. The van der Waals surface area contributed by atoms with E-state index in [2.05, 4.69) is 27.1 Å². The summed E-state index contributed by atoms with van der Waals surface area (Å²) in [4.78, 5) is 44.0. The second-order valence-corrected chi connectivity index (χ2v) is 8.28. The second-order valence-electron chi connectivity index (χ2n) is 8.28. The van der Waals surface area contributed by atoms with E-state index in [9.17, 15) is 14.4 Å². The largest absolute Gasteiger partial charge is 0.322 e. The van der Waals surface area contributed by atoms with E-state index in [1.807, 2.05) is 24.3 Å². The molecule has 1 amide bonds. The second kappa shape index (κ2) is 9.50. The van der Waals surface area contributed by atoms with E-state index in [1.54, 1.807) is 25.1 Å². The SMILES string of the molecule is CCn1c(=O)c(=O)[nH]c2cc(C(=O)Nc3ccc(CCN4CCN(C)CC4)cc3)ccc21. The van der Waals surface area contributed by atoms with Gasteiger partial charge in [0.15, 0.2) is 0 Å². The van der Waals surface area contributed by atoms with Gasteiger partial charge in [0.25, 0.3) is 5.91 Å². The first-order chi connectivity index (χ1) is 15.4. The zero-order chi connectivity index (χ0) is 22.7. The van der Waals surface area contributed by atoms with Crippen molar-refractivity contribution in [2.75, 3.05) is 45.1 Å². The molecule has 1 aromatic heterocycles. The monoisotopic (exact) mass is 435 g/mol. The maximum atomic E-state index is 12.7. The van der Waals surface area contributed by atoms with E-state index in [4.69, 9.17) is 0 Å². The van der Waals surface area contributed by atoms with E-state index in [-0.39, 0.29) is 5.91 Å². The van der Waals surface area contributed by atoms with Gasteiger partial charge >= 0.3 is 11.1 Å². The molecule has 8 nitrogen and oxygen atoms in total. The molecule has 0 aliphatic carbocycles. The molecular formula is C24H29N5O3. The average Bonchev–Trinajstić information content (AvgIpc) is 2.80. The number of amides is 1. The molecule has 1 aliphatic rings. The van der Waals surface area contributed by atoms with Gasteiger partial charge < -0.3 is 24.7 Å². The van der Waals surface area contributed by atoms with Crippen LogP contribution in [0.4, 0.5) is 5.69 Å². The number of aromatic amines is 1. The number of piperazine rings is 1. The first-order valence-corrected chi connectivity index (χ1v) is 11.0. The smallest absolute Gasteiger partial charge is 0.316 e. The summed E-state index contributed by atoms with van der Waals surface area (Å²) in [5.41, 5.74) is 2.14. The van der Waals surface area contributed by atoms with Crippen LogP contribution in [0.1, 0.15) is 22.8 Å². The third-order valence-corrected chi connectivity index (χ3v) is 6.08. The highest BCUT2D eigenvalue weighted by molar-refractivity contribution is 6.05. The van der Waals surface area contributed by atoms with Crippen molar-refractivity contribution in [2.24, 2.45) is 0 Å². The van der Waals surface area contributed by atoms with Crippen molar-refractivity contribution >= 4 is 22.6 Å². The van der Waals surface area contributed by atoms with E-state index in [0.717, 1.165) is 39.1 Å². The van der Waals surface area contributed by atoms with Crippen LogP contribution < -0.4 is 16.4 Å². The Bertz CT molecular complexity index is 1220. The summed E-state index contributed by atoms with van der Waals surface area (Å²) in [5.74, 6) is -0.271. The molecule has 0 bridgehead atoms. The summed E-state index contributed by atoms with van der Waals surface area (Å²) >= 11 is 0. The van der Waals surface area contributed by atoms with E-state index in [1.165, 1.54) is 10.1 Å². The summed E-state index contributed by atoms with van der Waals surface area (Å²) in [6.07, 6.45) is 0.981. The fourth-order valence-corrected chi connectivity index (χ4v) is 4.05. The Morgan fingerprint density at radius 3 is 2.44 bits per heavy atom. The molecule has 1 fully saturated rings. The summed E-state index contributed by atoms with van der Waals surface area (Å²) in [6.45, 7) is 7.67. The van der Waals surface area contributed by atoms with Crippen LogP contribution in [0.2, 0.25) is 0 Å². The number of nitrogens with zero attached hydrogens (tertiary/aromatic N) is 3. The molecule has 2 heterocycles. The quantitative estimate of drug-likeness (QED) is 0.576. The summed E-state index contributed by atoms with van der Waals surface area (Å²) < 4.78 is 1.40. The lowest BCUT2D eigenvalue weighted by Gasteiger charge is -2.32. The number of carbonyl (C=O) groups is 1. The number of anilines is 1. The van der Waals surface area contributed by atoms with Crippen molar-refractivity contribution in [3.63, 3.8) is 0 Å². The molecule has 1 saturated heterocycles. The van der Waals surface area contributed by atoms with Gasteiger partial charge in [0, 0.05) is 50.5 Å². The number of H-pyrrole nitrogens is 1. The molecular weight excluding hydrogens is 406 g/mol. The van der Waals surface area contributed by atoms with Crippen molar-refractivity contribution in [1.82, 2.24) is 19.4 Å². The Hall–Kier alpha value is -3.23. The Balaban J connectivity index is 1.41. The molecule has 0 unspecified atom stereocenters. The van der Waals surface area contributed by atoms with Crippen LogP contribution in [0.25, 0.3) is 11.0 Å². The molecule has 2 aromatic carbocycles. The van der Waals surface area contributed by atoms with Gasteiger partial charge in [-0.1, -0.05) is 12.1 Å². The van der Waals surface area contributed by atoms with Crippen molar-refractivity contribution in [2.45, 2.75) is 19.9 Å². The molecule has 2 N–H and O–H groups in total. The van der Waals surface area contributed by atoms with Crippen molar-refractivity contribution < 1.29 is 4.79 Å². The zero-order valence-electron chi connectivity index (χ0n) is 18.6. The Labute approximate surface area is 186 Å². The van der Waals surface area contributed by atoms with Gasteiger partial charge in [-0.2, -0.15) is 0 Å². The van der Waals surface area contributed by atoms with Gasteiger partial charge in [-0.25, -0.2) is 0 Å². The minimum absolute atomic E-state index is 0.271. The van der Waals surface area contributed by atoms with Crippen LogP contribution in [0.5, 0.6) is 0 Å². The molecule has 1 aliphatic heterocycles. The van der Waals surface area contributed by atoms with Crippen molar-refractivity contribution in [3.8, 4) is 0 Å². The van der Waals surface area contributed by atoms with E-state index < -0.39 is 11.1 Å². The lowest BCUT2D eigenvalue weighted by Crippen LogP contribution is -2.45. The highest BCUT2D eigenvalue weighted by Crippen LogP contribution is 2.15. The zero-order valence-corrected chi connectivity index (χ0v) is 18.6. The molecule has 0 saturated carbocycles. The molecule has 0 radical (unpaired) electrons. The Kier molecular flexibility index (Phi) is 6.53. The fourth-order valence-electron chi connectivity index (χ4n) is 4.05. The van der Waals surface area contributed by atoms with E-state index >= 15 is 0 Å². The minimum Gasteiger partial charge on any atom is -0.322 e. The van der Waals surface area contributed by atoms with E-state index in [0.29, 0.717) is 28.8 Å². The van der Waals surface area contributed by atoms with Crippen LogP contribution >= 0.6 is 0 Å². The minimum atomic E-state index is -0.691. The number of hydrogen-bond donors (Lipinski definition) is 2. The predicted octanol–water partition coefficient (Wildman–Crippen LogP) is 1.75. The van der Waals surface area contributed by atoms with Crippen LogP contribution in [-0.4, -0.2) is 65.0 Å². The highest BCUT2D eigenvalue weighted by Gasteiger charge is 2.14. The third-order valence-electron chi connectivity index (χ3n) is 6.08. The van der Waals surface area contributed by atoms with Crippen LogP contribution in [0.3, 0.4) is 0 Å². The normalized spacial score (nSPS) is 15.2. The number of rotatable bonds is 6. The first kappa shape index (κ1) is 22.0. The fraction of sp³-hybridized carbons (Fsp3) is 0.375. The van der Waals surface area contributed by atoms with Gasteiger partial charge in [-0.05, 0) is 56.3 Å². The summed E-state index contributed by atoms with van der Waals surface area (Å²) in [5, 5.41) is 2.90. The number of carbonyl (C=O) groups excluding carboxylic acids is 1. The van der Waals surface area contributed by atoms with Crippen LogP contribution in [0.15, 0.2) is 52.1 Å². The molecule has 0 atom stereocenters. The van der Waals surface area contributed by atoms with Gasteiger partial charge in [-0.15, -0.1) is 0 Å².